The van der Waals surface area contributed by atoms with Crippen molar-refractivity contribution in [2.45, 2.75) is 37.9 Å². The van der Waals surface area contributed by atoms with E-state index in [1.165, 1.54) is 11.8 Å². The molecule has 0 spiro atoms. The maximum Gasteiger partial charge on any atom is 0.0542 e. The molecule has 0 aromatic heterocycles. The minimum absolute atomic E-state index is 0.140. The van der Waals surface area contributed by atoms with E-state index in [1.807, 2.05) is 0 Å². The molecule has 0 unspecified atom stereocenters. The molecule has 13 heavy (non-hydrogen) atoms. The summed E-state index contributed by atoms with van der Waals surface area (Å²) in [5, 5.41) is 21.3. The van der Waals surface area contributed by atoms with Gasteiger partial charge in [0.05, 0.1) is 12.2 Å². The predicted octanol–water partition coefficient (Wildman–Crippen LogP) is 2.29. The molecule has 0 aromatic carbocycles. The number of hydrogen-bond acceptors (Lipinski definition) is 3. The zero-order valence-electron chi connectivity index (χ0n) is 7.85. The summed E-state index contributed by atoms with van der Waals surface area (Å²) >= 11 is 1.49. The molecular weight excluding hydrogens is 184 g/mol. The van der Waals surface area contributed by atoms with E-state index in [2.05, 4.69) is 13.2 Å². The van der Waals surface area contributed by atoms with Crippen molar-refractivity contribution in [3.63, 3.8) is 0 Å². The molecule has 1 saturated carbocycles. The standard InChI is InChI=1S/C6H12O2.C4H6S/c7-5-1-2-6(8)4-3-5;1-3-5-4-2/h5-8H,1-4H2;3-4H,1-2H2. The molecule has 0 aromatic rings. The van der Waals surface area contributed by atoms with Crippen LogP contribution in [0.25, 0.3) is 0 Å². The average Bonchev–Trinajstić information content (AvgIpc) is 2.13. The lowest BCUT2D eigenvalue weighted by Gasteiger charge is -2.20. The fraction of sp³-hybridized carbons (Fsp3) is 0.600. The van der Waals surface area contributed by atoms with E-state index in [0.29, 0.717) is 0 Å². The highest BCUT2D eigenvalue weighted by Gasteiger charge is 2.15. The molecule has 0 atom stereocenters. The molecule has 2 nitrogen and oxygen atoms in total. The largest absolute Gasteiger partial charge is 0.393 e. The van der Waals surface area contributed by atoms with Crippen molar-refractivity contribution >= 4 is 11.8 Å². The Hall–Kier alpha value is -0.250. The van der Waals surface area contributed by atoms with E-state index in [9.17, 15) is 0 Å². The first kappa shape index (κ1) is 12.8. The summed E-state index contributed by atoms with van der Waals surface area (Å²) in [4.78, 5) is 0. The SMILES string of the molecule is C=CSC=C.OC1CCC(O)CC1. The van der Waals surface area contributed by atoms with Crippen molar-refractivity contribution in [2.75, 3.05) is 0 Å². The van der Waals surface area contributed by atoms with Crippen LogP contribution in [0.2, 0.25) is 0 Å². The van der Waals surface area contributed by atoms with Crippen molar-refractivity contribution in [1.82, 2.24) is 0 Å². The summed E-state index contributed by atoms with van der Waals surface area (Å²) in [5.74, 6) is 0. The Labute approximate surface area is 84.4 Å². The van der Waals surface area contributed by atoms with E-state index < -0.39 is 0 Å². The fourth-order valence-electron chi connectivity index (χ4n) is 1.13. The van der Waals surface area contributed by atoms with Gasteiger partial charge in [-0.2, -0.15) is 0 Å². The minimum atomic E-state index is -0.140. The van der Waals surface area contributed by atoms with Gasteiger partial charge in [0.1, 0.15) is 0 Å². The van der Waals surface area contributed by atoms with Crippen LogP contribution in [0.4, 0.5) is 0 Å². The highest BCUT2D eigenvalue weighted by molar-refractivity contribution is 8.04. The molecule has 0 amide bonds. The molecule has 0 radical (unpaired) electrons. The number of hydrogen-bond donors (Lipinski definition) is 2. The maximum atomic E-state index is 8.92. The summed E-state index contributed by atoms with van der Waals surface area (Å²) in [6, 6.07) is 0. The summed E-state index contributed by atoms with van der Waals surface area (Å²) in [6.07, 6.45) is 2.83. The van der Waals surface area contributed by atoms with Gasteiger partial charge >= 0.3 is 0 Å². The molecule has 2 N–H and O–H groups in total. The topological polar surface area (TPSA) is 40.5 Å². The zero-order chi connectivity index (χ0) is 10.1. The third-order valence-corrected chi connectivity index (χ3v) is 2.24. The van der Waals surface area contributed by atoms with Crippen LogP contribution in [0.1, 0.15) is 25.7 Å². The zero-order valence-corrected chi connectivity index (χ0v) is 8.67. The third-order valence-electron chi connectivity index (χ3n) is 1.86. The van der Waals surface area contributed by atoms with E-state index in [-0.39, 0.29) is 12.2 Å². The number of aliphatic hydroxyl groups is 2. The van der Waals surface area contributed by atoms with Crippen LogP contribution in [-0.2, 0) is 0 Å². The summed E-state index contributed by atoms with van der Waals surface area (Å²) in [5.41, 5.74) is 0. The van der Waals surface area contributed by atoms with Gasteiger partial charge in [0.25, 0.3) is 0 Å². The fourth-order valence-corrected chi connectivity index (χ4v) is 1.26. The summed E-state index contributed by atoms with van der Waals surface area (Å²) in [7, 11) is 0. The summed E-state index contributed by atoms with van der Waals surface area (Å²) < 4.78 is 0. The second kappa shape index (κ2) is 8.35. The second-order valence-corrected chi connectivity index (χ2v) is 3.87. The van der Waals surface area contributed by atoms with Gasteiger partial charge in [0, 0.05) is 0 Å². The first-order valence-electron chi connectivity index (χ1n) is 4.44. The van der Waals surface area contributed by atoms with Crippen molar-refractivity contribution in [3.05, 3.63) is 24.0 Å². The van der Waals surface area contributed by atoms with Gasteiger partial charge in [-0.3, -0.25) is 0 Å². The Morgan fingerprint density at radius 1 is 0.923 bits per heavy atom. The van der Waals surface area contributed by atoms with Gasteiger partial charge in [-0.15, -0.1) is 11.8 Å². The quantitative estimate of drug-likeness (QED) is 0.722. The second-order valence-electron chi connectivity index (χ2n) is 2.93. The van der Waals surface area contributed by atoms with Crippen molar-refractivity contribution in [2.24, 2.45) is 0 Å². The van der Waals surface area contributed by atoms with Gasteiger partial charge in [-0.25, -0.2) is 0 Å². The lowest BCUT2D eigenvalue weighted by molar-refractivity contribution is 0.0541. The van der Waals surface area contributed by atoms with Gasteiger partial charge in [0.15, 0.2) is 0 Å². The number of thioether (sulfide) groups is 1. The van der Waals surface area contributed by atoms with Crippen LogP contribution in [0.5, 0.6) is 0 Å². The Balaban J connectivity index is 0.000000252. The minimum Gasteiger partial charge on any atom is -0.393 e. The third kappa shape index (κ3) is 8.09. The highest BCUT2D eigenvalue weighted by atomic mass is 32.2. The van der Waals surface area contributed by atoms with Crippen LogP contribution in [0.15, 0.2) is 24.0 Å². The smallest absolute Gasteiger partial charge is 0.0542 e. The monoisotopic (exact) mass is 202 g/mol. The predicted molar refractivity (Wildman–Crippen MR) is 58.5 cm³/mol. The molecule has 76 valence electrons. The van der Waals surface area contributed by atoms with Gasteiger partial charge in [-0.1, -0.05) is 13.2 Å². The van der Waals surface area contributed by atoms with Crippen LogP contribution in [0.3, 0.4) is 0 Å². The molecule has 0 heterocycles. The van der Waals surface area contributed by atoms with E-state index in [1.54, 1.807) is 10.8 Å². The molecule has 1 aliphatic rings. The first-order valence-corrected chi connectivity index (χ1v) is 5.38. The highest BCUT2D eigenvalue weighted by Crippen LogP contribution is 2.17. The molecule has 1 rings (SSSR count). The van der Waals surface area contributed by atoms with Gasteiger partial charge in [0.2, 0.25) is 0 Å². The molecule has 1 aliphatic carbocycles. The Kier molecular flexibility index (Phi) is 8.19. The number of rotatable bonds is 2. The van der Waals surface area contributed by atoms with Crippen LogP contribution < -0.4 is 0 Å². The molecule has 3 heteroatoms. The lowest BCUT2D eigenvalue weighted by atomic mass is 9.95. The molecular formula is C10H18O2S. The molecule has 1 fully saturated rings. The number of aliphatic hydroxyl groups excluding tert-OH is 2. The van der Waals surface area contributed by atoms with E-state index >= 15 is 0 Å². The molecule has 0 aliphatic heterocycles. The Morgan fingerprint density at radius 3 is 1.38 bits per heavy atom. The van der Waals surface area contributed by atoms with E-state index in [4.69, 9.17) is 10.2 Å². The van der Waals surface area contributed by atoms with Crippen LogP contribution in [-0.4, -0.2) is 22.4 Å². The van der Waals surface area contributed by atoms with Crippen LogP contribution >= 0.6 is 11.8 Å². The maximum absolute atomic E-state index is 8.92. The lowest BCUT2D eigenvalue weighted by Crippen LogP contribution is -2.21. The van der Waals surface area contributed by atoms with Gasteiger partial charge in [-0.05, 0) is 36.5 Å². The Bertz CT molecular complexity index is 124. The van der Waals surface area contributed by atoms with Crippen molar-refractivity contribution in [3.8, 4) is 0 Å². The average molecular weight is 202 g/mol. The Morgan fingerprint density at radius 2 is 1.23 bits per heavy atom. The van der Waals surface area contributed by atoms with E-state index in [0.717, 1.165) is 25.7 Å². The normalized spacial score (nSPS) is 26.9. The molecule has 0 bridgehead atoms. The molecule has 0 saturated heterocycles. The van der Waals surface area contributed by atoms with Crippen molar-refractivity contribution < 1.29 is 10.2 Å². The summed E-state index contributed by atoms with van der Waals surface area (Å²) in [6.45, 7) is 6.88. The first-order chi connectivity index (χ1) is 6.20. The van der Waals surface area contributed by atoms with Crippen molar-refractivity contribution in [1.29, 1.82) is 0 Å². The van der Waals surface area contributed by atoms with Crippen LogP contribution in [0, 0.1) is 0 Å². The van der Waals surface area contributed by atoms with Gasteiger partial charge < -0.3 is 10.2 Å².